The minimum atomic E-state index is -0.186. The standard InChI is InChI=1S/C49H36N2O2/c1-48(2)34-21-11-8-19-31(34)42-36(48)23-14-25-39(42)51(40-26-15-24-37-43(40)32-20-9-12-22-35(32)49(37,3)4)44-45-33(30-18-10-13-27-41(30)52-45)28-38-46(44)53-47(50-38)29-16-6-5-7-17-29/h5-28H,1-4H3. The third-order valence-corrected chi connectivity index (χ3v) is 11.9. The van der Waals surface area contributed by atoms with Crippen LogP contribution in [0.1, 0.15) is 49.9 Å². The van der Waals surface area contributed by atoms with Gasteiger partial charge in [0.1, 0.15) is 16.8 Å². The van der Waals surface area contributed by atoms with E-state index in [2.05, 4.69) is 136 Å². The van der Waals surface area contributed by atoms with Crippen molar-refractivity contribution in [2.75, 3.05) is 4.90 Å². The Bertz CT molecular complexity index is 2860. The average Bonchev–Trinajstić information content (AvgIpc) is 3.91. The number of hydrogen-bond donors (Lipinski definition) is 0. The fourth-order valence-corrected chi connectivity index (χ4v) is 9.34. The molecular weight excluding hydrogens is 649 g/mol. The van der Waals surface area contributed by atoms with Crippen LogP contribution in [0.25, 0.3) is 66.7 Å². The van der Waals surface area contributed by atoms with Crippen molar-refractivity contribution >= 4 is 50.1 Å². The summed E-state index contributed by atoms with van der Waals surface area (Å²) in [7, 11) is 0. The molecule has 0 unspecified atom stereocenters. The Morgan fingerprint density at radius 1 is 0.491 bits per heavy atom. The largest absolute Gasteiger partial charge is 0.454 e. The van der Waals surface area contributed by atoms with Gasteiger partial charge in [0.2, 0.25) is 5.89 Å². The normalized spacial score (nSPS) is 14.7. The smallest absolute Gasteiger partial charge is 0.227 e. The average molecular weight is 685 g/mol. The number of anilines is 3. The lowest BCUT2D eigenvalue weighted by molar-refractivity contribution is 0.618. The van der Waals surface area contributed by atoms with Gasteiger partial charge in [0.15, 0.2) is 11.2 Å². The Kier molecular flexibility index (Phi) is 6.04. The highest BCUT2D eigenvalue weighted by molar-refractivity contribution is 6.19. The molecule has 2 aliphatic carbocycles. The highest BCUT2D eigenvalue weighted by Crippen LogP contribution is 2.59. The minimum absolute atomic E-state index is 0.186. The van der Waals surface area contributed by atoms with Gasteiger partial charge in [0.05, 0.1) is 11.4 Å². The van der Waals surface area contributed by atoms with Gasteiger partial charge in [-0.25, -0.2) is 4.98 Å². The summed E-state index contributed by atoms with van der Waals surface area (Å²) in [6.45, 7) is 9.36. The first-order valence-corrected chi connectivity index (χ1v) is 18.4. The van der Waals surface area contributed by atoms with Gasteiger partial charge >= 0.3 is 0 Å². The maximum atomic E-state index is 6.96. The maximum absolute atomic E-state index is 6.96. The summed E-state index contributed by atoms with van der Waals surface area (Å²) in [4.78, 5) is 7.61. The maximum Gasteiger partial charge on any atom is 0.227 e. The fraction of sp³-hybridized carbons (Fsp3) is 0.122. The number of rotatable bonds is 4. The van der Waals surface area contributed by atoms with E-state index in [1.165, 1.54) is 44.5 Å². The highest BCUT2D eigenvalue weighted by atomic mass is 16.4. The molecule has 2 aromatic heterocycles. The molecule has 9 aromatic rings. The zero-order valence-electron chi connectivity index (χ0n) is 30.1. The number of fused-ring (bicyclic) bond motifs is 10. The van der Waals surface area contributed by atoms with E-state index in [0.29, 0.717) is 11.5 Å². The van der Waals surface area contributed by atoms with Crippen LogP contribution in [0.2, 0.25) is 0 Å². The Morgan fingerprint density at radius 3 is 1.68 bits per heavy atom. The monoisotopic (exact) mass is 684 g/mol. The Labute approximate surface area is 308 Å². The summed E-state index contributed by atoms with van der Waals surface area (Å²) in [5.41, 5.74) is 16.8. The lowest BCUT2D eigenvalue weighted by Gasteiger charge is -2.31. The van der Waals surface area contributed by atoms with E-state index in [0.717, 1.165) is 50.1 Å². The van der Waals surface area contributed by atoms with Crippen LogP contribution in [0.5, 0.6) is 0 Å². The molecule has 0 atom stereocenters. The van der Waals surface area contributed by atoms with Crippen molar-refractivity contribution in [1.29, 1.82) is 0 Å². The molecule has 0 bridgehead atoms. The van der Waals surface area contributed by atoms with Crippen LogP contribution in [-0.4, -0.2) is 4.98 Å². The number of nitrogens with zero attached hydrogens (tertiary/aromatic N) is 2. The second kappa shape index (κ2) is 10.6. The summed E-state index contributed by atoms with van der Waals surface area (Å²) in [5, 5.41) is 2.05. The van der Waals surface area contributed by atoms with Crippen LogP contribution in [0.3, 0.4) is 0 Å². The SMILES string of the molecule is CC1(C)c2ccccc2-c2c(N(c3cccc4c3-c3ccccc3C4(C)C)c3c4oc(-c5ccccc5)nc4cc4c3oc3ccccc34)cccc21. The molecule has 0 aliphatic heterocycles. The first-order valence-electron chi connectivity index (χ1n) is 18.4. The van der Waals surface area contributed by atoms with Gasteiger partial charge in [0, 0.05) is 38.3 Å². The second-order valence-corrected chi connectivity index (χ2v) is 15.5. The van der Waals surface area contributed by atoms with Gasteiger partial charge in [-0.15, -0.1) is 0 Å². The first kappa shape index (κ1) is 30.3. The molecule has 0 radical (unpaired) electrons. The first-order chi connectivity index (χ1) is 25.8. The Hall–Kier alpha value is -6.39. The van der Waals surface area contributed by atoms with Gasteiger partial charge < -0.3 is 13.7 Å². The van der Waals surface area contributed by atoms with Crippen molar-refractivity contribution in [2.45, 2.75) is 38.5 Å². The molecule has 0 saturated carbocycles. The molecule has 2 aliphatic rings. The van der Waals surface area contributed by atoms with Crippen LogP contribution in [0.4, 0.5) is 17.1 Å². The predicted molar refractivity (Wildman–Crippen MR) is 217 cm³/mol. The summed E-state index contributed by atoms with van der Waals surface area (Å²) < 4.78 is 13.9. The Morgan fingerprint density at radius 2 is 1.04 bits per heavy atom. The van der Waals surface area contributed by atoms with E-state index in [4.69, 9.17) is 13.8 Å². The number of oxazole rings is 1. The number of benzene rings is 7. The molecule has 53 heavy (non-hydrogen) atoms. The van der Waals surface area contributed by atoms with Gasteiger partial charge in [-0.1, -0.05) is 137 Å². The molecule has 0 spiro atoms. The van der Waals surface area contributed by atoms with Crippen LogP contribution in [0, 0.1) is 0 Å². The lowest BCUT2D eigenvalue weighted by Crippen LogP contribution is -2.17. The van der Waals surface area contributed by atoms with Gasteiger partial charge in [-0.3, -0.25) is 0 Å². The molecule has 0 saturated heterocycles. The molecule has 4 heteroatoms. The van der Waals surface area contributed by atoms with Crippen LogP contribution >= 0.6 is 0 Å². The van der Waals surface area contributed by atoms with Gasteiger partial charge in [0.25, 0.3) is 0 Å². The summed E-state index contributed by atoms with van der Waals surface area (Å²) >= 11 is 0. The zero-order chi connectivity index (χ0) is 35.6. The van der Waals surface area contributed by atoms with E-state index in [-0.39, 0.29) is 10.8 Å². The fourth-order valence-electron chi connectivity index (χ4n) is 9.34. The summed E-state index contributed by atoms with van der Waals surface area (Å²) in [6.07, 6.45) is 0. The van der Waals surface area contributed by atoms with E-state index >= 15 is 0 Å². The third-order valence-electron chi connectivity index (χ3n) is 11.9. The molecule has 0 amide bonds. The van der Waals surface area contributed by atoms with Gasteiger partial charge in [-0.05, 0) is 69.8 Å². The number of aromatic nitrogens is 1. The summed E-state index contributed by atoms with van der Waals surface area (Å²) in [6, 6.07) is 51.9. The minimum Gasteiger partial charge on any atom is -0.454 e. The van der Waals surface area contributed by atoms with Gasteiger partial charge in [-0.2, -0.15) is 0 Å². The lowest BCUT2D eigenvalue weighted by atomic mass is 9.82. The summed E-state index contributed by atoms with van der Waals surface area (Å²) in [5.74, 6) is 0.577. The molecule has 2 heterocycles. The molecule has 4 nitrogen and oxygen atoms in total. The van der Waals surface area contributed by atoms with Crippen molar-refractivity contribution in [1.82, 2.24) is 4.98 Å². The van der Waals surface area contributed by atoms with E-state index in [1.54, 1.807) is 0 Å². The molecule has 0 fully saturated rings. The van der Waals surface area contributed by atoms with Crippen LogP contribution < -0.4 is 4.90 Å². The van der Waals surface area contributed by atoms with Crippen molar-refractivity contribution in [3.63, 3.8) is 0 Å². The topological polar surface area (TPSA) is 42.4 Å². The van der Waals surface area contributed by atoms with Crippen molar-refractivity contribution in [2.24, 2.45) is 0 Å². The third kappa shape index (κ3) is 4.04. The molecule has 0 N–H and O–H groups in total. The number of furan rings is 1. The van der Waals surface area contributed by atoms with Crippen LogP contribution in [-0.2, 0) is 10.8 Å². The van der Waals surface area contributed by atoms with E-state index in [9.17, 15) is 0 Å². The van der Waals surface area contributed by atoms with Crippen molar-refractivity contribution in [3.8, 4) is 33.7 Å². The molecule has 254 valence electrons. The van der Waals surface area contributed by atoms with Crippen molar-refractivity contribution < 1.29 is 8.83 Å². The highest BCUT2D eigenvalue weighted by Gasteiger charge is 2.42. The second-order valence-electron chi connectivity index (χ2n) is 15.5. The number of para-hydroxylation sites is 1. The molecule has 11 rings (SSSR count). The van der Waals surface area contributed by atoms with Crippen LogP contribution in [0.15, 0.2) is 154 Å². The Balaban J connectivity index is 1.33. The van der Waals surface area contributed by atoms with Crippen molar-refractivity contribution in [3.05, 3.63) is 168 Å². The molecule has 7 aromatic carbocycles. The van der Waals surface area contributed by atoms with E-state index < -0.39 is 0 Å². The predicted octanol–water partition coefficient (Wildman–Crippen LogP) is 13.5. The number of hydrogen-bond acceptors (Lipinski definition) is 4. The molecular formula is C49H36N2O2. The zero-order valence-corrected chi connectivity index (χ0v) is 30.1. The quantitative estimate of drug-likeness (QED) is 0.185. The van der Waals surface area contributed by atoms with E-state index in [1.807, 2.05) is 42.5 Å².